The Bertz CT molecular complexity index is 422. The van der Waals surface area contributed by atoms with E-state index in [0.29, 0.717) is 17.9 Å². The number of nitrogens with two attached hydrogens (primary N) is 1. The fourth-order valence-corrected chi connectivity index (χ4v) is 1.85. The summed E-state index contributed by atoms with van der Waals surface area (Å²) < 4.78 is 6.42. The zero-order chi connectivity index (χ0) is 12.9. The van der Waals surface area contributed by atoms with Crippen molar-refractivity contribution in [3.05, 3.63) is 28.2 Å². The molecule has 4 heteroatoms. The molecule has 0 spiro atoms. The Hall–Kier alpha value is -1.05. The van der Waals surface area contributed by atoms with E-state index in [1.165, 1.54) is 0 Å². The quantitative estimate of drug-likeness (QED) is 0.907. The molecule has 17 heavy (non-hydrogen) atoms. The molecule has 0 saturated heterocycles. The lowest BCUT2D eigenvalue weighted by Gasteiger charge is -2.26. The highest BCUT2D eigenvalue weighted by atomic mass is 79.9. The first-order valence-electron chi connectivity index (χ1n) is 5.66. The monoisotopic (exact) mass is 296 g/mol. The Kier molecular flexibility index (Phi) is 4.98. The summed E-state index contributed by atoms with van der Waals surface area (Å²) in [6, 6.07) is 7.57. The standard InChI is InChI=1S/C13H17BrN2O/c1-3-13(16,4-2)9-17-12-7-5-6-11(14)10(12)8-15/h5-7H,3-4,9,16H2,1-2H3. The topological polar surface area (TPSA) is 59.0 Å². The van der Waals surface area contributed by atoms with Gasteiger partial charge in [-0.25, -0.2) is 0 Å². The fraction of sp³-hybridized carbons (Fsp3) is 0.462. The smallest absolute Gasteiger partial charge is 0.138 e. The van der Waals surface area contributed by atoms with Crippen LogP contribution in [0.15, 0.2) is 22.7 Å². The number of rotatable bonds is 5. The molecule has 0 aliphatic rings. The molecule has 2 N–H and O–H groups in total. The summed E-state index contributed by atoms with van der Waals surface area (Å²) in [4.78, 5) is 0. The zero-order valence-corrected chi connectivity index (χ0v) is 11.8. The van der Waals surface area contributed by atoms with Gasteiger partial charge in [0.05, 0.1) is 0 Å². The van der Waals surface area contributed by atoms with E-state index >= 15 is 0 Å². The summed E-state index contributed by atoms with van der Waals surface area (Å²) in [5.41, 5.74) is 6.35. The molecule has 1 rings (SSSR count). The molecule has 0 amide bonds. The highest BCUT2D eigenvalue weighted by molar-refractivity contribution is 9.10. The lowest BCUT2D eigenvalue weighted by Crippen LogP contribution is -2.44. The van der Waals surface area contributed by atoms with E-state index in [9.17, 15) is 0 Å². The number of hydrogen-bond donors (Lipinski definition) is 1. The Balaban J connectivity index is 2.83. The number of benzene rings is 1. The van der Waals surface area contributed by atoms with Gasteiger partial charge >= 0.3 is 0 Å². The fourth-order valence-electron chi connectivity index (χ4n) is 1.41. The Labute approximate surface area is 111 Å². The van der Waals surface area contributed by atoms with Crippen LogP contribution in [0.1, 0.15) is 32.3 Å². The second-order valence-corrected chi connectivity index (χ2v) is 4.94. The third kappa shape index (κ3) is 3.45. The van der Waals surface area contributed by atoms with E-state index in [4.69, 9.17) is 15.7 Å². The van der Waals surface area contributed by atoms with Crippen molar-refractivity contribution in [1.29, 1.82) is 5.26 Å². The molecule has 1 aromatic rings. The van der Waals surface area contributed by atoms with Crippen LogP contribution < -0.4 is 10.5 Å². The van der Waals surface area contributed by atoms with Crippen molar-refractivity contribution < 1.29 is 4.74 Å². The normalized spacial score (nSPS) is 11.0. The van der Waals surface area contributed by atoms with Crippen LogP contribution in [0, 0.1) is 11.3 Å². The number of nitriles is 1. The van der Waals surface area contributed by atoms with Crippen molar-refractivity contribution >= 4 is 15.9 Å². The van der Waals surface area contributed by atoms with E-state index in [1.54, 1.807) is 6.07 Å². The van der Waals surface area contributed by atoms with Crippen molar-refractivity contribution in [2.45, 2.75) is 32.2 Å². The second-order valence-electron chi connectivity index (χ2n) is 4.08. The number of ether oxygens (including phenoxy) is 1. The summed E-state index contributed by atoms with van der Waals surface area (Å²) in [5, 5.41) is 9.05. The summed E-state index contributed by atoms with van der Waals surface area (Å²) >= 11 is 3.33. The first-order valence-corrected chi connectivity index (χ1v) is 6.46. The first kappa shape index (κ1) is 14.0. The van der Waals surface area contributed by atoms with Crippen LogP contribution in [0.5, 0.6) is 5.75 Å². The minimum atomic E-state index is -0.324. The van der Waals surface area contributed by atoms with Gasteiger partial charge in [0, 0.05) is 10.0 Å². The molecule has 0 unspecified atom stereocenters. The van der Waals surface area contributed by atoms with Crippen LogP contribution in [-0.2, 0) is 0 Å². The lowest BCUT2D eigenvalue weighted by molar-refractivity contribution is 0.206. The van der Waals surface area contributed by atoms with E-state index in [-0.39, 0.29) is 5.54 Å². The van der Waals surface area contributed by atoms with Gasteiger partial charge < -0.3 is 10.5 Å². The van der Waals surface area contributed by atoms with Crippen molar-refractivity contribution in [2.75, 3.05) is 6.61 Å². The van der Waals surface area contributed by atoms with Crippen molar-refractivity contribution in [3.63, 3.8) is 0 Å². The summed E-state index contributed by atoms with van der Waals surface area (Å²) in [6.45, 7) is 4.50. The van der Waals surface area contributed by atoms with Crippen molar-refractivity contribution in [3.8, 4) is 11.8 Å². The molecular weight excluding hydrogens is 280 g/mol. The summed E-state index contributed by atoms with van der Waals surface area (Å²) in [7, 11) is 0. The van der Waals surface area contributed by atoms with Crippen molar-refractivity contribution in [1.82, 2.24) is 0 Å². The molecule has 3 nitrogen and oxygen atoms in total. The van der Waals surface area contributed by atoms with Crippen molar-refractivity contribution in [2.24, 2.45) is 5.73 Å². The minimum absolute atomic E-state index is 0.324. The van der Waals surface area contributed by atoms with Crippen LogP contribution in [0.25, 0.3) is 0 Å². The molecule has 0 heterocycles. The van der Waals surface area contributed by atoms with Crippen LogP contribution in [0.3, 0.4) is 0 Å². The van der Waals surface area contributed by atoms with E-state index in [1.807, 2.05) is 26.0 Å². The number of halogens is 1. The molecule has 0 bridgehead atoms. The van der Waals surface area contributed by atoms with E-state index in [0.717, 1.165) is 17.3 Å². The van der Waals surface area contributed by atoms with Gasteiger partial charge in [-0.1, -0.05) is 19.9 Å². The third-order valence-electron chi connectivity index (χ3n) is 3.01. The highest BCUT2D eigenvalue weighted by Gasteiger charge is 2.21. The van der Waals surface area contributed by atoms with Gasteiger partial charge in [0.25, 0.3) is 0 Å². The van der Waals surface area contributed by atoms with Gasteiger partial charge in [-0.15, -0.1) is 0 Å². The molecule has 0 radical (unpaired) electrons. The Morgan fingerprint density at radius 3 is 2.59 bits per heavy atom. The lowest BCUT2D eigenvalue weighted by atomic mass is 9.95. The van der Waals surface area contributed by atoms with Crippen LogP contribution >= 0.6 is 15.9 Å². The van der Waals surface area contributed by atoms with Gasteiger partial charge in [0.15, 0.2) is 0 Å². The highest BCUT2D eigenvalue weighted by Crippen LogP contribution is 2.26. The maximum absolute atomic E-state index is 9.05. The predicted molar refractivity (Wildman–Crippen MR) is 71.9 cm³/mol. The molecule has 0 aliphatic heterocycles. The summed E-state index contributed by atoms with van der Waals surface area (Å²) in [6.07, 6.45) is 1.69. The molecule has 0 atom stereocenters. The SMILES string of the molecule is CCC(N)(CC)COc1cccc(Br)c1C#N. The van der Waals surface area contributed by atoms with Gasteiger partial charge in [-0.3, -0.25) is 0 Å². The van der Waals surface area contributed by atoms with Crippen LogP contribution in [0.4, 0.5) is 0 Å². The zero-order valence-electron chi connectivity index (χ0n) is 10.2. The molecule has 0 aromatic heterocycles. The first-order chi connectivity index (χ1) is 8.06. The maximum Gasteiger partial charge on any atom is 0.138 e. The Morgan fingerprint density at radius 2 is 2.06 bits per heavy atom. The number of nitrogens with zero attached hydrogens (tertiary/aromatic N) is 1. The minimum Gasteiger partial charge on any atom is -0.490 e. The van der Waals surface area contributed by atoms with Gasteiger partial charge in [0.1, 0.15) is 24.0 Å². The third-order valence-corrected chi connectivity index (χ3v) is 3.67. The molecule has 0 saturated carbocycles. The molecule has 92 valence electrons. The van der Waals surface area contributed by atoms with Crippen LogP contribution in [0.2, 0.25) is 0 Å². The second kappa shape index (κ2) is 6.04. The van der Waals surface area contributed by atoms with E-state index in [2.05, 4.69) is 22.0 Å². The summed E-state index contributed by atoms with van der Waals surface area (Å²) in [5.74, 6) is 0.582. The molecule has 0 aliphatic carbocycles. The largest absolute Gasteiger partial charge is 0.490 e. The van der Waals surface area contributed by atoms with Gasteiger partial charge in [-0.05, 0) is 40.9 Å². The predicted octanol–water partition coefficient (Wildman–Crippen LogP) is 3.22. The van der Waals surface area contributed by atoms with Gasteiger partial charge in [0.2, 0.25) is 0 Å². The Morgan fingerprint density at radius 1 is 1.41 bits per heavy atom. The molecular formula is C13H17BrN2O. The average Bonchev–Trinajstić information content (AvgIpc) is 2.36. The molecule has 1 aromatic carbocycles. The molecule has 0 fully saturated rings. The number of hydrogen-bond acceptors (Lipinski definition) is 3. The maximum atomic E-state index is 9.05. The average molecular weight is 297 g/mol. The van der Waals surface area contributed by atoms with E-state index < -0.39 is 0 Å². The van der Waals surface area contributed by atoms with Gasteiger partial charge in [-0.2, -0.15) is 5.26 Å². The van der Waals surface area contributed by atoms with Crippen LogP contribution in [-0.4, -0.2) is 12.1 Å².